The minimum absolute atomic E-state index is 0.0742. The van der Waals surface area contributed by atoms with Crippen molar-refractivity contribution in [3.63, 3.8) is 0 Å². The van der Waals surface area contributed by atoms with Gasteiger partial charge in [0, 0.05) is 42.6 Å². The zero-order chi connectivity index (χ0) is 22.4. The van der Waals surface area contributed by atoms with Gasteiger partial charge in [-0.05, 0) is 12.5 Å². The van der Waals surface area contributed by atoms with Crippen LogP contribution in [0.2, 0.25) is 0 Å². The molecule has 1 saturated heterocycles. The zero-order valence-corrected chi connectivity index (χ0v) is 17.1. The summed E-state index contributed by atoms with van der Waals surface area (Å²) in [5.41, 5.74) is 6.05. The second-order valence-corrected chi connectivity index (χ2v) is 7.19. The van der Waals surface area contributed by atoms with E-state index in [1.807, 2.05) is 5.32 Å². The van der Waals surface area contributed by atoms with E-state index in [4.69, 9.17) is 15.6 Å². The van der Waals surface area contributed by atoms with Gasteiger partial charge in [0.05, 0.1) is 12.6 Å². The summed E-state index contributed by atoms with van der Waals surface area (Å²) in [7, 11) is 0. The predicted octanol–water partition coefficient (Wildman–Crippen LogP) is 3.11. The molecule has 0 saturated carbocycles. The molecule has 10 heteroatoms. The van der Waals surface area contributed by atoms with Crippen molar-refractivity contribution in [2.75, 3.05) is 24.6 Å². The van der Waals surface area contributed by atoms with E-state index in [0.717, 1.165) is 12.8 Å². The summed E-state index contributed by atoms with van der Waals surface area (Å²) >= 11 is 0. The first-order valence-electron chi connectivity index (χ1n) is 9.98. The van der Waals surface area contributed by atoms with Crippen molar-refractivity contribution in [3.8, 4) is 11.1 Å². The van der Waals surface area contributed by atoms with Crippen LogP contribution in [0.15, 0.2) is 35.5 Å². The maximum atomic E-state index is 14.9. The fraction of sp³-hybridized carbons (Fsp3) is 0.381. The highest BCUT2D eigenvalue weighted by atomic mass is 19.1. The number of amides is 1. The molecular formula is C21H25F2N5O3. The van der Waals surface area contributed by atoms with Gasteiger partial charge in [-0.1, -0.05) is 31.5 Å². The molecule has 2 heterocycles. The minimum atomic E-state index is -1.36. The molecule has 1 aromatic carbocycles. The number of unbranched alkanes of at least 4 members (excludes halogenated alkanes) is 1. The van der Waals surface area contributed by atoms with Crippen molar-refractivity contribution < 1.29 is 23.4 Å². The fourth-order valence-corrected chi connectivity index (χ4v) is 3.17. The molecule has 0 radical (unpaired) electrons. The SMILES string of the molecule is CCCCOC1CN(c2ncc(-c3cccc(CN=C(N)NC(=O)O)c3F)cc2F)C1. The lowest BCUT2D eigenvalue weighted by atomic mass is 10.0. The number of carboxylic acid groups (broad SMARTS) is 1. The van der Waals surface area contributed by atoms with Gasteiger partial charge in [-0.3, -0.25) is 5.32 Å². The first-order chi connectivity index (χ1) is 14.9. The Bertz CT molecular complexity index is 964. The van der Waals surface area contributed by atoms with E-state index >= 15 is 0 Å². The van der Waals surface area contributed by atoms with E-state index in [1.165, 1.54) is 24.4 Å². The molecular weight excluding hydrogens is 408 g/mol. The molecule has 1 aliphatic heterocycles. The Morgan fingerprint density at radius 2 is 2.19 bits per heavy atom. The van der Waals surface area contributed by atoms with E-state index in [-0.39, 0.29) is 41.1 Å². The van der Waals surface area contributed by atoms with Gasteiger partial charge in [-0.2, -0.15) is 0 Å². The highest BCUT2D eigenvalue weighted by molar-refractivity contribution is 5.92. The number of hydrogen-bond donors (Lipinski definition) is 3. The van der Waals surface area contributed by atoms with E-state index in [1.54, 1.807) is 11.0 Å². The Labute approximate surface area is 178 Å². The highest BCUT2D eigenvalue weighted by Crippen LogP contribution is 2.30. The topological polar surface area (TPSA) is 113 Å². The number of nitrogens with one attached hydrogen (secondary N) is 1. The summed E-state index contributed by atoms with van der Waals surface area (Å²) in [6.07, 6.45) is 2.19. The molecule has 1 amide bonds. The van der Waals surface area contributed by atoms with Crippen LogP contribution in [0, 0.1) is 11.6 Å². The Balaban J connectivity index is 1.70. The van der Waals surface area contributed by atoms with Crippen molar-refractivity contribution in [1.82, 2.24) is 10.3 Å². The van der Waals surface area contributed by atoms with Crippen LogP contribution in [0.5, 0.6) is 0 Å². The second kappa shape index (κ2) is 10.2. The smallest absolute Gasteiger partial charge is 0.411 e. The molecule has 8 nitrogen and oxygen atoms in total. The number of halogens is 2. The number of nitrogens with two attached hydrogens (primary N) is 1. The third kappa shape index (κ3) is 5.66. The van der Waals surface area contributed by atoms with E-state index < -0.39 is 17.7 Å². The molecule has 166 valence electrons. The standard InChI is InChI=1S/C21H25F2N5O3/c1-2-3-7-31-15-11-28(12-15)19-17(22)8-14(10-25-19)16-6-4-5-13(18(16)23)9-26-20(24)27-21(29)30/h4-6,8,10,15H,2-3,7,9,11-12H2,1H3,(H,29,30)(H3,24,26,27). The lowest BCUT2D eigenvalue weighted by molar-refractivity contribution is 0.0321. The summed E-state index contributed by atoms with van der Waals surface area (Å²) in [5.74, 6) is -1.27. The molecule has 1 aliphatic rings. The Morgan fingerprint density at radius 3 is 2.87 bits per heavy atom. The van der Waals surface area contributed by atoms with Crippen molar-refractivity contribution in [1.29, 1.82) is 0 Å². The van der Waals surface area contributed by atoms with Gasteiger partial charge >= 0.3 is 6.09 Å². The monoisotopic (exact) mass is 433 g/mol. The number of anilines is 1. The molecule has 2 aromatic rings. The van der Waals surface area contributed by atoms with Gasteiger partial charge in [0.2, 0.25) is 0 Å². The van der Waals surface area contributed by atoms with Crippen molar-refractivity contribution >= 4 is 17.9 Å². The van der Waals surface area contributed by atoms with Crippen molar-refractivity contribution in [3.05, 3.63) is 47.7 Å². The summed E-state index contributed by atoms with van der Waals surface area (Å²) in [6.45, 7) is 3.75. The molecule has 0 unspecified atom stereocenters. The summed E-state index contributed by atoms with van der Waals surface area (Å²) < 4.78 is 35.3. The number of rotatable bonds is 8. The first-order valence-corrected chi connectivity index (χ1v) is 9.98. The van der Waals surface area contributed by atoms with Crippen molar-refractivity contribution in [2.24, 2.45) is 10.7 Å². The number of carbonyl (C=O) groups is 1. The van der Waals surface area contributed by atoms with Gasteiger partial charge in [-0.25, -0.2) is 23.6 Å². The average Bonchev–Trinajstić information content (AvgIpc) is 2.69. The Hall–Kier alpha value is -3.27. The predicted molar refractivity (Wildman–Crippen MR) is 113 cm³/mol. The molecule has 0 spiro atoms. The van der Waals surface area contributed by atoms with Crippen LogP contribution in [-0.2, 0) is 11.3 Å². The zero-order valence-electron chi connectivity index (χ0n) is 17.1. The van der Waals surface area contributed by atoms with Gasteiger partial charge in [0.15, 0.2) is 17.6 Å². The third-order valence-corrected chi connectivity index (χ3v) is 4.87. The summed E-state index contributed by atoms with van der Waals surface area (Å²) in [4.78, 5) is 20.3. The van der Waals surface area contributed by atoms with Crippen LogP contribution in [0.3, 0.4) is 0 Å². The third-order valence-electron chi connectivity index (χ3n) is 4.87. The van der Waals surface area contributed by atoms with E-state index in [2.05, 4.69) is 16.9 Å². The molecule has 0 aliphatic carbocycles. The summed E-state index contributed by atoms with van der Waals surface area (Å²) in [5, 5.41) is 10.5. The molecule has 1 aromatic heterocycles. The molecule has 0 atom stereocenters. The van der Waals surface area contributed by atoms with Crippen LogP contribution in [-0.4, -0.2) is 47.9 Å². The molecule has 31 heavy (non-hydrogen) atoms. The average molecular weight is 433 g/mol. The van der Waals surface area contributed by atoms with Crippen LogP contribution < -0.4 is 16.0 Å². The maximum absolute atomic E-state index is 14.9. The summed E-state index contributed by atoms with van der Waals surface area (Å²) in [6, 6.07) is 5.86. The Morgan fingerprint density at radius 1 is 1.42 bits per heavy atom. The number of aliphatic imine (C=N–C) groups is 1. The van der Waals surface area contributed by atoms with Crippen LogP contribution in [0.25, 0.3) is 11.1 Å². The maximum Gasteiger partial charge on any atom is 0.411 e. The lowest BCUT2D eigenvalue weighted by Crippen LogP contribution is -2.53. The van der Waals surface area contributed by atoms with E-state index in [0.29, 0.717) is 19.7 Å². The number of guanidine groups is 1. The number of aromatic nitrogens is 1. The van der Waals surface area contributed by atoms with Crippen LogP contribution in [0.4, 0.5) is 19.4 Å². The first kappa shape index (κ1) is 22.4. The van der Waals surface area contributed by atoms with Gasteiger partial charge in [-0.15, -0.1) is 0 Å². The number of hydrogen-bond acceptors (Lipinski definition) is 5. The van der Waals surface area contributed by atoms with Gasteiger partial charge in [0.25, 0.3) is 0 Å². The Kier molecular flexibility index (Phi) is 7.35. The van der Waals surface area contributed by atoms with Gasteiger partial charge < -0.3 is 20.5 Å². The molecule has 0 bridgehead atoms. The molecule has 3 rings (SSSR count). The lowest BCUT2D eigenvalue weighted by Gasteiger charge is -2.39. The number of pyridine rings is 1. The van der Waals surface area contributed by atoms with Gasteiger partial charge in [0.1, 0.15) is 5.82 Å². The highest BCUT2D eigenvalue weighted by Gasteiger charge is 2.30. The quantitative estimate of drug-likeness (QED) is 0.335. The van der Waals surface area contributed by atoms with Crippen LogP contribution >= 0.6 is 0 Å². The largest absolute Gasteiger partial charge is 0.465 e. The number of ether oxygens (including phenoxy) is 1. The van der Waals surface area contributed by atoms with Crippen LogP contribution in [0.1, 0.15) is 25.3 Å². The molecule has 1 fully saturated rings. The fourth-order valence-electron chi connectivity index (χ4n) is 3.17. The second-order valence-electron chi connectivity index (χ2n) is 7.19. The normalized spacial score (nSPS) is 14.4. The van der Waals surface area contributed by atoms with Crippen molar-refractivity contribution in [2.45, 2.75) is 32.4 Å². The van der Waals surface area contributed by atoms with E-state index in [9.17, 15) is 13.6 Å². The number of nitrogens with zero attached hydrogens (tertiary/aromatic N) is 3. The molecule has 4 N–H and O–H groups in total. The minimum Gasteiger partial charge on any atom is -0.465 e. The number of benzene rings is 1.